The first-order chi connectivity index (χ1) is 8.54. The summed E-state index contributed by atoms with van der Waals surface area (Å²) in [7, 11) is 0. The Labute approximate surface area is 139 Å². The van der Waals surface area contributed by atoms with Gasteiger partial charge in [0.05, 0.1) is 18.1 Å². The largest absolute Gasteiger partial charge is 1.00 e. The van der Waals surface area contributed by atoms with Gasteiger partial charge >= 0.3 is 29.6 Å². The minimum Gasteiger partial charge on any atom is -0.548 e. The van der Waals surface area contributed by atoms with E-state index in [0.717, 1.165) is 5.56 Å². The molecule has 1 rings (SSSR count). The summed E-state index contributed by atoms with van der Waals surface area (Å²) in [5.41, 5.74) is 6.62. The molecule has 0 aliphatic rings. The van der Waals surface area contributed by atoms with Crippen LogP contribution in [0.4, 0.5) is 0 Å². The van der Waals surface area contributed by atoms with Gasteiger partial charge in [0.25, 0.3) is 0 Å². The summed E-state index contributed by atoms with van der Waals surface area (Å²) >= 11 is 3.82. The minimum absolute atomic E-state index is 0. The second-order valence-corrected chi connectivity index (χ2v) is 4.22. The van der Waals surface area contributed by atoms with Crippen LogP contribution in [0, 0.1) is 0 Å². The first-order valence-electron chi connectivity index (χ1n) is 5.46. The summed E-state index contributed by atoms with van der Waals surface area (Å²) in [5.74, 6) is -1.93. The van der Waals surface area contributed by atoms with Gasteiger partial charge in [-0.3, -0.25) is 4.79 Å². The van der Waals surface area contributed by atoms with E-state index in [1.54, 1.807) is 0 Å². The molecule has 1 aromatic rings. The van der Waals surface area contributed by atoms with Crippen LogP contribution in [0.15, 0.2) is 30.3 Å². The zero-order valence-corrected chi connectivity index (χ0v) is 13.6. The summed E-state index contributed by atoms with van der Waals surface area (Å²) in [5, 5.41) is 12.9. The Morgan fingerprint density at radius 1 is 1.32 bits per heavy atom. The van der Waals surface area contributed by atoms with Gasteiger partial charge in [-0.05, 0) is 12.0 Å². The smallest absolute Gasteiger partial charge is 0.548 e. The van der Waals surface area contributed by atoms with Crippen molar-refractivity contribution in [2.75, 3.05) is 5.75 Å². The van der Waals surface area contributed by atoms with Crippen molar-refractivity contribution >= 4 is 24.5 Å². The van der Waals surface area contributed by atoms with Crippen LogP contribution in [-0.4, -0.2) is 29.7 Å². The molecule has 0 aliphatic heterocycles. The standard InChI is InChI=1S/C12H16N2O3S.Na/c13-9(6-8-4-2-1-3-5-8)11(15)14-10(7-18)12(16)17;/h1-5,9-10,18H,6-7,13H2,(H,14,15)(H,16,17);/q;+1/p-1/t9-,10-;/m0./s1. The summed E-state index contributed by atoms with van der Waals surface area (Å²) < 4.78 is 0. The van der Waals surface area contributed by atoms with Crippen LogP contribution in [0.3, 0.4) is 0 Å². The minimum atomic E-state index is -1.37. The van der Waals surface area contributed by atoms with Crippen LogP contribution in [0.2, 0.25) is 0 Å². The maximum absolute atomic E-state index is 11.7. The summed E-state index contributed by atoms with van der Waals surface area (Å²) in [6.07, 6.45) is 0.346. The number of nitrogens with two attached hydrogens (primary N) is 1. The van der Waals surface area contributed by atoms with E-state index >= 15 is 0 Å². The van der Waals surface area contributed by atoms with E-state index in [2.05, 4.69) is 17.9 Å². The molecular weight excluding hydrogens is 275 g/mol. The van der Waals surface area contributed by atoms with Crippen molar-refractivity contribution in [2.24, 2.45) is 5.73 Å². The van der Waals surface area contributed by atoms with Crippen LogP contribution in [-0.2, 0) is 16.0 Å². The van der Waals surface area contributed by atoms with Gasteiger partial charge in [0, 0.05) is 5.75 Å². The number of thiol groups is 1. The molecule has 0 aliphatic carbocycles. The number of hydrogen-bond donors (Lipinski definition) is 3. The van der Waals surface area contributed by atoms with Gasteiger partial charge in [-0.2, -0.15) is 12.6 Å². The quantitative estimate of drug-likeness (QED) is 0.365. The van der Waals surface area contributed by atoms with E-state index < -0.39 is 24.0 Å². The Morgan fingerprint density at radius 2 is 1.89 bits per heavy atom. The van der Waals surface area contributed by atoms with Gasteiger partial charge in [-0.15, -0.1) is 0 Å². The summed E-state index contributed by atoms with van der Waals surface area (Å²) in [6, 6.07) is 7.33. The molecule has 0 radical (unpaired) electrons. The third-order valence-electron chi connectivity index (χ3n) is 2.42. The van der Waals surface area contributed by atoms with Gasteiger partial charge in [0.15, 0.2) is 0 Å². The van der Waals surface area contributed by atoms with E-state index in [1.165, 1.54) is 0 Å². The first-order valence-corrected chi connectivity index (χ1v) is 6.09. The summed E-state index contributed by atoms with van der Waals surface area (Å²) in [6.45, 7) is 0. The van der Waals surface area contributed by atoms with Crippen molar-refractivity contribution in [3.05, 3.63) is 35.9 Å². The molecule has 0 fully saturated rings. The van der Waals surface area contributed by atoms with Crippen molar-refractivity contribution in [1.82, 2.24) is 5.32 Å². The van der Waals surface area contributed by atoms with Crippen LogP contribution < -0.4 is 45.7 Å². The Kier molecular flexibility index (Phi) is 9.12. The zero-order chi connectivity index (χ0) is 13.5. The molecule has 1 amide bonds. The van der Waals surface area contributed by atoms with Crippen LogP contribution in [0.1, 0.15) is 5.56 Å². The van der Waals surface area contributed by atoms with E-state index in [1.807, 2.05) is 30.3 Å². The monoisotopic (exact) mass is 290 g/mol. The Bertz CT molecular complexity index is 417. The number of amides is 1. The fraction of sp³-hybridized carbons (Fsp3) is 0.333. The Hall–Kier alpha value is -0.530. The molecule has 0 aromatic heterocycles. The Balaban J connectivity index is 0.00000324. The topological polar surface area (TPSA) is 95.2 Å². The molecule has 0 saturated carbocycles. The molecule has 0 unspecified atom stereocenters. The van der Waals surface area contributed by atoms with Gasteiger partial charge in [0.2, 0.25) is 5.91 Å². The van der Waals surface area contributed by atoms with Crippen molar-refractivity contribution in [1.29, 1.82) is 0 Å². The number of benzene rings is 1. The van der Waals surface area contributed by atoms with Gasteiger partial charge < -0.3 is 21.0 Å². The normalized spacial score (nSPS) is 12.9. The SMILES string of the molecule is N[C@@H](Cc1ccccc1)C(=O)N[C@@H](CS)C(=O)[O-].[Na+]. The Morgan fingerprint density at radius 3 is 2.37 bits per heavy atom. The van der Waals surface area contributed by atoms with E-state index in [9.17, 15) is 14.7 Å². The summed E-state index contributed by atoms with van der Waals surface area (Å²) in [4.78, 5) is 22.3. The molecule has 0 bridgehead atoms. The average Bonchev–Trinajstić information content (AvgIpc) is 2.36. The average molecular weight is 290 g/mol. The number of carbonyl (C=O) groups excluding carboxylic acids is 2. The van der Waals surface area contributed by atoms with Gasteiger partial charge in [0.1, 0.15) is 0 Å². The van der Waals surface area contributed by atoms with Crippen molar-refractivity contribution in [3.63, 3.8) is 0 Å². The molecule has 0 saturated heterocycles. The molecule has 98 valence electrons. The second-order valence-electron chi connectivity index (χ2n) is 3.86. The van der Waals surface area contributed by atoms with Gasteiger partial charge in [-0.1, -0.05) is 30.3 Å². The molecular formula is C12H15N2NaO3S. The van der Waals surface area contributed by atoms with E-state index in [0.29, 0.717) is 6.42 Å². The molecule has 2 atom stereocenters. The van der Waals surface area contributed by atoms with E-state index in [4.69, 9.17) is 5.73 Å². The molecule has 5 nitrogen and oxygen atoms in total. The molecule has 0 heterocycles. The third kappa shape index (κ3) is 6.44. The number of carbonyl (C=O) groups is 2. The maximum atomic E-state index is 11.7. The molecule has 19 heavy (non-hydrogen) atoms. The fourth-order valence-corrected chi connectivity index (χ4v) is 1.66. The number of nitrogens with one attached hydrogen (secondary N) is 1. The number of hydrogen-bond acceptors (Lipinski definition) is 5. The van der Waals surface area contributed by atoms with Crippen molar-refractivity contribution < 1.29 is 44.3 Å². The van der Waals surface area contributed by atoms with Crippen LogP contribution in [0.25, 0.3) is 0 Å². The second kappa shape index (κ2) is 9.39. The first kappa shape index (κ1) is 18.5. The zero-order valence-electron chi connectivity index (χ0n) is 10.7. The van der Waals surface area contributed by atoms with E-state index in [-0.39, 0.29) is 35.3 Å². The predicted octanol–water partition coefficient (Wildman–Crippen LogP) is -4.28. The van der Waals surface area contributed by atoms with Crippen LogP contribution >= 0.6 is 12.6 Å². The number of carboxylic acids is 1. The van der Waals surface area contributed by atoms with Crippen LogP contribution in [0.5, 0.6) is 0 Å². The number of carboxylic acid groups (broad SMARTS) is 1. The molecule has 1 aromatic carbocycles. The number of rotatable bonds is 6. The number of aliphatic carboxylic acids is 1. The van der Waals surface area contributed by atoms with Gasteiger partial charge in [-0.25, -0.2) is 0 Å². The van der Waals surface area contributed by atoms with Crippen molar-refractivity contribution in [2.45, 2.75) is 18.5 Å². The third-order valence-corrected chi connectivity index (χ3v) is 2.78. The maximum Gasteiger partial charge on any atom is 1.00 e. The molecule has 3 N–H and O–H groups in total. The fourth-order valence-electron chi connectivity index (χ4n) is 1.42. The predicted molar refractivity (Wildman–Crippen MR) is 68.9 cm³/mol. The van der Waals surface area contributed by atoms with Crippen molar-refractivity contribution in [3.8, 4) is 0 Å². The molecule has 0 spiro atoms. The molecule has 7 heteroatoms.